The second-order valence-corrected chi connectivity index (χ2v) is 5.32. The highest BCUT2D eigenvalue weighted by Gasteiger charge is 2.14. The summed E-state index contributed by atoms with van der Waals surface area (Å²) in [6.45, 7) is 0. The van der Waals surface area contributed by atoms with E-state index in [1.807, 2.05) is 24.3 Å². The van der Waals surface area contributed by atoms with Crippen LogP contribution in [0.2, 0.25) is 5.02 Å². The van der Waals surface area contributed by atoms with Gasteiger partial charge in [0.25, 0.3) is 11.6 Å². The Kier molecular flexibility index (Phi) is 4.26. The molecule has 0 saturated carbocycles. The van der Waals surface area contributed by atoms with Crippen LogP contribution in [0.3, 0.4) is 0 Å². The molecule has 0 atom stereocenters. The number of nitrogens with one attached hydrogen (secondary N) is 2. The first-order valence-electron chi connectivity index (χ1n) is 6.90. The zero-order valence-electron chi connectivity index (χ0n) is 12.2. The van der Waals surface area contributed by atoms with E-state index in [0.29, 0.717) is 0 Å². The molecule has 3 aromatic rings. The molecule has 1 aromatic heterocycles. The molecule has 0 bridgehead atoms. The number of carbonyl (C=O) groups is 1. The summed E-state index contributed by atoms with van der Waals surface area (Å²) in [6, 6.07) is 11.3. The van der Waals surface area contributed by atoms with Gasteiger partial charge in [0.1, 0.15) is 0 Å². The van der Waals surface area contributed by atoms with Gasteiger partial charge in [-0.25, -0.2) is 5.43 Å². The van der Waals surface area contributed by atoms with Crippen molar-refractivity contribution >= 4 is 40.3 Å². The van der Waals surface area contributed by atoms with Crippen molar-refractivity contribution < 1.29 is 9.72 Å². The number of hydrogen-bond acceptors (Lipinski definition) is 4. The minimum atomic E-state index is -0.581. The molecule has 0 spiro atoms. The van der Waals surface area contributed by atoms with Gasteiger partial charge in [0.15, 0.2) is 0 Å². The predicted octanol–water partition coefficient (Wildman–Crippen LogP) is 3.49. The number of nitrogens with zero attached hydrogens (tertiary/aromatic N) is 2. The van der Waals surface area contributed by atoms with E-state index in [1.54, 1.807) is 6.20 Å². The minimum absolute atomic E-state index is 0.0102. The van der Waals surface area contributed by atoms with E-state index in [-0.39, 0.29) is 16.3 Å². The lowest BCUT2D eigenvalue weighted by Crippen LogP contribution is -2.18. The molecule has 1 heterocycles. The van der Waals surface area contributed by atoms with E-state index in [0.717, 1.165) is 22.5 Å². The first kappa shape index (κ1) is 15.7. The van der Waals surface area contributed by atoms with Crippen molar-refractivity contribution in [2.45, 2.75) is 0 Å². The highest BCUT2D eigenvalue weighted by atomic mass is 35.5. The summed E-state index contributed by atoms with van der Waals surface area (Å²) in [5, 5.41) is 15.5. The van der Waals surface area contributed by atoms with Crippen LogP contribution < -0.4 is 5.43 Å². The summed E-state index contributed by atoms with van der Waals surface area (Å²) in [5.74, 6) is -0.550. The van der Waals surface area contributed by atoms with Crippen LogP contribution in [0.15, 0.2) is 53.8 Å². The second kappa shape index (κ2) is 6.51. The van der Waals surface area contributed by atoms with Gasteiger partial charge < -0.3 is 4.98 Å². The Bertz CT molecular complexity index is 965. The first-order chi connectivity index (χ1) is 11.6. The Morgan fingerprint density at radius 1 is 1.29 bits per heavy atom. The van der Waals surface area contributed by atoms with Crippen LogP contribution in [-0.4, -0.2) is 22.0 Å². The first-order valence-corrected chi connectivity index (χ1v) is 7.27. The lowest BCUT2D eigenvalue weighted by Gasteiger charge is -2.02. The maximum absolute atomic E-state index is 12.1. The van der Waals surface area contributed by atoms with Crippen LogP contribution >= 0.6 is 11.6 Å². The zero-order chi connectivity index (χ0) is 17.1. The van der Waals surface area contributed by atoms with Crippen molar-refractivity contribution in [1.82, 2.24) is 10.4 Å². The summed E-state index contributed by atoms with van der Waals surface area (Å²) in [5.41, 5.74) is 4.06. The third-order valence-corrected chi connectivity index (χ3v) is 3.71. The molecular formula is C16H11ClN4O3. The monoisotopic (exact) mass is 342 g/mol. The molecule has 8 heteroatoms. The van der Waals surface area contributed by atoms with Crippen molar-refractivity contribution in [1.29, 1.82) is 0 Å². The molecule has 0 aliphatic heterocycles. The second-order valence-electron chi connectivity index (χ2n) is 4.91. The van der Waals surface area contributed by atoms with Gasteiger partial charge in [-0.1, -0.05) is 29.8 Å². The Morgan fingerprint density at radius 3 is 2.83 bits per heavy atom. The molecule has 7 nitrogen and oxygen atoms in total. The van der Waals surface area contributed by atoms with Gasteiger partial charge in [-0.05, 0) is 12.1 Å². The molecule has 0 unspecified atom stereocenters. The van der Waals surface area contributed by atoms with Crippen molar-refractivity contribution in [3.8, 4) is 0 Å². The summed E-state index contributed by atoms with van der Waals surface area (Å²) in [6.07, 6.45) is 3.29. The fourth-order valence-electron chi connectivity index (χ4n) is 2.22. The number of hydrogen-bond donors (Lipinski definition) is 2. The molecule has 0 saturated heterocycles. The normalized spacial score (nSPS) is 11.0. The summed E-state index contributed by atoms with van der Waals surface area (Å²) >= 11 is 5.90. The SMILES string of the molecule is O=C(N/N=C/c1c[nH]c2ccccc12)c1ccc([N+](=O)[O-])cc1Cl. The fraction of sp³-hybridized carbons (Fsp3) is 0. The summed E-state index contributed by atoms with van der Waals surface area (Å²) < 4.78 is 0. The minimum Gasteiger partial charge on any atom is -0.361 e. The molecule has 2 aromatic carbocycles. The van der Waals surface area contributed by atoms with Gasteiger partial charge in [0.05, 0.1) is 21.7 Å². The average Bonchev–Trinajstić information content (AvgIpc) is 2.98. The number of nitro groups is 1. The molecule has 0 aliphatic carbocycles. The van der Waals surface area contributed by atoms with E-state index in [2.05, 4.69) is 15.5 Å². The Morgan fingerprint density at radius 2 is 2.08 bits per heavy atom. The number of aromatic nitrogens is 1. The number of halogens is 1. The number of aromatic amines is 1. The smallest absolute Gasteiger partial charge is 0.272 e. The average molecular weight is 343 g/mol. The molecular weight excluding hydrogens is 332 g/mol. The number of para-hydroxylation sites is 1. The molecule has 1 amide bonds. The summed E-state index contributed by atoms with van der Waals surface area (Å²) in [7, 11) is 0. The van der Waals surface area contributed by atoms with Crippen LogP contribution in [0, 0.1) is 10.1 Å². The number of H-pyrrole nitrogens is 1. The van der Waals surface area contributed by atoms with E-state index in [4.69, 9.17) is 11.6 Å². The van der Waals surface area contributed by atoms with Crippen molar-refractivity contribution in [2.24, 2.45) is 5.10 Å². The third-order valence-electron chi connectivity index (χ3n) is 3.40. The Balaban J connectivity index is 1.74. The molecule has 3 rings (SSSR count). The lowest BCUT2D eigenvalue weighted by atomic mass is 10.2. The highest BCUT2D eigenvalue weighted by molar-refractivity contribution is 6.34. The van der Waals surface area contributed by atoms with E-state index >= 15 is 0 Å². The van der Waals surface area contributed by atoms with Crippen molar-refractivity contribution in [2.75, 3.05) is 0 Å². The van der Waals surface area contributed by atoms with Crippen LogP contribution in [-0.2, 0) is 0 Å². The van der Waals surface area contributed by atoms with Crippen LogP contribution in [0.25, 0.3) is 10.9 Å². The topological polar surface area (TPSA) is 100 Å². The molecule has 0 fully saturated rings. The zero-order valence-corrected chi connectivity index (χ0v) is 12.9. The van der Waals surface area contributed by atoms with Crippen molar-refractivity contribution in [3.63, 3.8) is 0 Å². The maximum Gasteiger partial charge on any atom is 0.272 e. The lowest BCUT2D eigenvalue weighted by molar-refractivity contribution is -0.384. The van der Waals surface area contributed by atoms with E-state index < -0.39 is 10.8 Å². The Hall–Kier alpha value is -3.19. The molecule has 120 valence electrons. The molecule has 24 heavy (non-hydrogen) atoms. The number of rotatable bonds is 4. The Labute approximate surface area is 141 Å². The largest absolute Gasteiger partial charge is 0.361 e. The number of hydrazone groups is 1. The van der Waals surface area contributed by atoms with Crippen LogP contribution in [0.1, 0.15) is 15.9 Å². The predicted molar refractivity (Wildman–Crippen MR) is 91.5 cm³/mol. The highest BCUT2D eigenvalue weighted by Crippen LogP contribution is 2.22. The van der Waals surface area contributed by atoms with Crippen molar-refractivity contribution in [3.05, 3.63) is 74.9 Å². The van der Waals surface area contributed by atoms with Gasteiger partial charge in [0.2, 0.25) is 0 Å². The number of nitro benzene ring substituents is 1. The number of amides is 1. The van der Waals surface area contributed by atoms with E-state index in [9.17, 15) is 14.9 Å². The third kappa shape index (κ3) is 3.11. The van der Waals surface area contributed by atoms with Crippen LogP contribution in [0.4, 0.5) is 5.69 Å². The summed E-state index contributed by atoms with van der Waals surface area (Å²) in [4.78, 5) is 25.2. The molecule has 0 radical (unpaired) electrons. The number of benzene rings is 2. The number of carbonyl (C=O) groups excluding carboxylic acids is 1. The number of non-ortho nitro benzene ring substituents is 1. The van der Waals surface area contributed by atoms with E-state index in [1.165, 1.54) is 18.3 Å². The van der Waals surface area contributed by atoms with Gasteiger partial charge >= 0.3 is 0 Å². The van der Waals surface area contributed by atoms with Crippen LogP contribution in [0.5, 0.6) is 0 Å². The quantitative estimate of drug-likeness (QED) is 0.431. The standard InChI is InChI=1S/C16H11ClN4O3/c17-14-7-11(21(23)24)5-6-13(14)16(22)20-19-9-10-8-18-15-4-2-1-3-12(10)15/h1-9,18H,(H,20,22)/b19-9+. The van der Waals surface area contributed by atoms with Gasteiger partial charge in [0, 0.05) is 34.8 Å². The van der Waals surface area contributed by atoms with Gasteiger partial charge in [-0.15, -0.1) is 0 Å². The molecule has 0 aliphatic rings. The van der Waals surface area contributed by atoms with Gasteiger partial charge in [-0.3, -0.25) is 14.9 Å². The van der Waals surface area contributed by atoms with Gasteiger partial charge in [-0.2, -0.15) is 5.10 Å². The fourth-order valence-corrected chi connectivity index (χ4v) is 2.48. The number of fused-ring (bicyclic) bond motifs is 1. The maximum atomic E-state index is 12.1. The molecule has 2 N–H and O–H groups in total.